The summed E-state index contributed by atoms with van der Waals surface area (Å²) in [5.74, 6) is -0.433. The lowest BCUT2D eigenvalue weighted by molar-refractivity contribution is -0.137. The monoisotopic (exact) mass is 444 g/mol. The maximum absolute atomic E-state index is 13.0. The van der Waals surface area contributed by atoms with Crippen LogP contribution in [-0.2, 0) is 11.0 Å². The third-order valence-electron chi connectivity index (χ3n) is 4.48. The molecule has 2 aromatic carbocycles. The summed E-state index contributed by atoms with van der Waals surface area (Å²) in [5, 5.41) is 12.1. The van der Waals surface area contributed by atoms with Crippen molar-refractivity contribution in [3.05, 3.63) is 81.6 Å². The van der Waals surface area contributed by atoms with Crippen LogP contribution in [0, 0.1) is 25.2 Å². The van der Waals surface area contributed by atoms with Gasteiger partial charge in [0.1, 0.15) is 23.2 Å². The molecule has 0 atom stereocenters. The van der Waals surface area contributed by atoms with Gasteiger partial charge in [-0.25, -0.2) is 0 Å². The van der Waals surface area contributed by atoms with Crippen LogP contribution in [0.1, 0.15) is 22.5 Å². The highest BCUT2D eigenvalue weighted by Crippen LogP contribution is 2.36. The third kappa shape index (κ3) is 5.16. The molecule has 1 heterocycles. The Morgan fingerprint density at radius 3 is 2.55 bits per heavy atom. The minimum absolute atomic E-state index is 0.0505. The Kier molecular flexibility index (Phi) is 6.23. The van der Waals surface area contributed by atoms with Gasteiger partial charge in [-0.15, -0.1) is 0 Å². The molecule has 0 aliphatic heterocycles. The summed E-state index contributed by atoms with van der Waals surface area (Å²) in [7, 11) is 0. The molecule has 31 heavy (non-hydrogen) atoms. The van der Waals surface area contributed by atoms with E-state index in [0.29, 0.717) is 5.69 Å². The van der Waals surface area contributed by atoms with E-state index >= 15 is 0 Å². The average molecular weight is 445 g/mol. The van der Waals surface area contributed by atoms with E-state index in [0.717, 1.165) is 29.3 Å². The molecule has 0 radical (unpaired) electrons. The molecule has 0 aliphatic carbocycles. The number of amides is 1. The van der Waals surface area contributed by atoms with Crippen molar-refractivity contribution < 1.29 is 22.4 Å². The second kappa shape index (κ2) is 8.70. The van der Waals surface area contributed by atoms with Gasteiger partial charge in [0, 0.05) is 17.3 Å². The summed E-state index contributed by atoms with van der Waals surface area (Å²) in [4.78, 5) is 12.5. The summed E-state index contributed by atoms with van der Waals surface area (Å²) in [6.07, 6.45) is -3.32. The molecule has 1 N–H and O–H groups in total. The lowest BCUT2D eigenvalue weighted by atomic mass is 10.1. The van der Waals surface area contributed by atoms with Crippen LogP contribution in [0.4, 0.5) is 18.9 Å². The Bertz CT molecular complexity index is 1220. The van der Waals surface area contributed by atoms with E-state index in [1.54, 1.807) is 6.07 Å². The summed E-state index contributed by atoms with van der Waals surface area (Å²) < 4.78 is 44.5. The van der Waals surface area contributed by atoms with Gasteiger partial charge in [-0.1, -0.05) is 23.7 Å². The minimum Gasteiger partial charge on any atom is -0.457 e. The van der Waals surface area contributed by atoms with Crippen LogP contribution in [-0.4, -0.2) is 5.91 Å². The van der Waals surface area contributed by atoms with Crippen LogP contribution in [0.5, 0.6) is 0 Å². The van der Waals surface area contributed by atoms with Crippen molar-refractivity contribution in [1.29, 1.82) is 5.26 Å². The number of hydrogen-bond acceptors (Lipinski definition) is 3. The molecule has 0 saturated carbocycles. The van der Waals surface area contributed by atoms with E-state index in [4.69, 9.17) is 16.0 Å². The maximum atomic E-state index is 13.0. The number of nitriles is 1. The molecule has 0 unspecified atom stereocenters. The van der Waals surface area contributed by atoms with E-state index in [1.807, 2.05) is 32.0 Å². The van der Waals surface area contributed by atoms with Gasteiger partial charge in [-0.2, -0.15) is 18.4 Å². The number of furan rings is 1. The largest absolute Gasteiger partial charge is 0.457 e. The molecule has 8 heteroatoms. The van der Waals surface area contributed by atoms with Gasteiger partial charge in [-0.3, -0.25) is 4.79 Å². The van der Waals surface area contributed by atoms with Gasteiger partial charge < -0.3 is 9.73 Å². The van der Waals surface area contributed by atoms with Gasteiger partial charge >= 0.3 is 6.18 Å². The van der Waals surface area contributed by atoms with Gasteiger partial charge in [-0.05, 0) is 61.4 Å². The summed E-state index contributed by atoms with van der Waals surface area (Å²) in [5.41, 5.74) is 1.30. The fourth-order valence-electron chi connectivity index (χ4n) is 2.82. The first-order valence-corrected chi connectivity index (χ1v) is 9.43. The van der Waals surface area contributed by atoms with Gasteiger partial charge in [0.15, 0.2) is 0 Å². The van der Waals surface area contributed by atoms with E-state index in [-0.39, 0.29) is 27.7 Å². The minimum atomic E-state index is -4.53. The number of nitrogens with one attached hydrogen (secondary N) is 1. The number of benzene rings is 2. The first-order valence-electron chi connectivity index (χ1n) is 9.06. The predicted molar refractivity (Wildman–Crippen MR) is 112 cm³/mol. The average Bonchev–Trinajstić information content (AvgIpc) is 3.16. The second-order valence-electron chi connectivity index (χ2n) is 6.84. The van der Waals surface area contributed by atoms with Crippen molar-refractivity contribution in [3.8, 4) is 17.4 Å². The van der Waals surface area contributed by atoms with Crippen molar-refractivity contribution in [3.63, 3.8) is 0 Å². The zero-order valence-electron chi connectivity index (χ0n) is 16.5. The number of carbonyl (C=O) groups is 1. The predicted octanol–water partition coefficient (Wildman–Crippen LogP) is 6.78. The number of rotatable bonds is 4. The number of nitrogens with zero attached hydrogens (tertiary/aromatic N) is 1. The number of aryl methyl sites for hydroxylation is 2. The van der Waals surface area contributed by atoms with Crippen LogP contribution < -0.4 is 5.32 Å². The molecule has 3 rings (SSSR count). The zero-order valence-corrected chi connectivity index (χ0v) is 17.2. The highest BCUT2D eigenvalue weighted by atomic mass is 35.5. The Morgan fingerprint density at radius 2 is 1.87 bits per heavy atom. The quantitative estimate of drug-likeness (QED) is 0.356. The molecule has 0 spiro atoms. The molecule has 1 amide bonds. The summed E-state index contributed by atoms with van der Waals surface area (Å²) in [6.45, 7) is 3.70. The SMILES string of the molecule is Cc1ccc(C)c(NC(=O)/C(C#N)=C/c2ccc(-c3cc(C(F)(F)F)ccc3Cl)o2)c1. The van der Waals surface area contributed by atoms with Crippen molar-refractivity contribution in [2.45, 2.75) is 20.0 Å². The van der Waals surface area contributed by atoms with Crippen LogP contribution in [0.15, 0.2) is 58.5 Å². The summed E-state index contributed by atoms with van der Waals surface area (Å²) >= 11 is 6.03. The normalized spacial score (nSPS) is 11.8. The first-order chi connectivity index (χ1) is 14.6. The topological polar surface area (TPSA) is 66.0 Å². The number of alkyl halides is 3. The maximum Gasteiger partial charge on any atom is 0.416 e. The lowest BCUT2D eigenvalue weighted by Gasteiger charge is -2.09. The molecule has 0 bridgehead atoms. The smallest absolute Gasteiger partial charge is 0.416 e. The molecule has 4 nitrogen and oxygen atoms in total. The molecule has 158 valence electrons. The molecule has 3 aromatic rings. The molecule has 1 aromatic heterocycles. The molecule has 0 fully saturated rings. The lowest BCUT2D eigenvalue weighted by Crippen LogP contribution is -2.14. The van der Waals surface area contributed by atoms with Crippen molar-refractivity contribution in [1.82, 2.24) is 0 Å². The standard InChI is InChI=1S/C23H16ClF3N2O2/c1-13-3-4-14(2)20(9-13)29-22(30)15(12-28)10-17-6-8-21(31-17)18-11-16(23(25,26)27)5-7-19(18)24/h3-11H,1-2H3,(H,29,30)/b15-10+. The Morgan fingerprint density at radius 1 is 1.13 bits per heavy atom. The fourth-order valence-corrected chi connectivity index (χ4v) is 3.03. The van der Waals surface area contributed by atoms with Crippen LogP contribution in [0.3, 0.4) is 0 Å². The zero-order chi connectivity index (χ0) is 22.8. The van der Waals surface area contributed by atoms with Crippen LogP contribution in [0.25, 0.3) is 17.4 Å². The van der Waals surface area contributed by atoms with Crippen LogP contribution in [0.2, 0.25) is 5.02 Å². The molecule has 0 saturated heterocycles. The van der Waals surface area contributed by atoms with Gasteiger partial charge in [0.05, 0.1) is 10.6 Å². The summed E-state index contributed by atoms with van der Waals surface area (Å²) in [6, 6.07) is 13.1. The number of carbonyl (C=O) groups excluding carboxylic acids is 1. The molecule has 0 aliphatic rings. The Hall–Kier alpha value is -3.50. The second-order valence-corrected chi connectivity index (χ2v) is 7.24. The van der Waals surface area contributed by atoms with Gasteiger partial charge in [0.25, 0.3) is 5.91 Å². The van der Waals surface area contributed by atoms with Gasteiger partial charge in [0.2, 0.25) is 0 Å². The van der Waals surface area contributed by atoms with Crippen molar-refractivity contribution in [2.75, 3.05) is 5.32 Å². The number of halogens is 4. The van der Waals surface area contributed by atoms with E-state index in [2.05, 4.69) is 5.32 Å². The first kappa shape index (κ1) is 22.2. The number of anilines is 1. The number of hydrogen-bond donors (Lipinski definition) is 1. The molecular formula is C23H16ClF3N2O2. The highest BCUT2D eigenvalue weighted by molar-refractivity contribution is 6.33. The van der Waals surface area contributed by atoms with E-state index in [9.17, 15) is 23.2 Å². The third-order valence-corrected chi connectivity index (χ3v) is 4.81. The van der Waals surface area contributed by atoms with E-state index in [1.165, 1.54) is 18.2 Å². The Balaban J connectivity index is 1.88. The van der Waals surface area contributed by atoms with Crippen molar-refractivity contribution in [2.24, 2.45) is 0 Å². The highest BCUT2D eigenvalue weighted by Gasteiger charge is 2.31. The van der Waals surface area contributed by atoms with Crippen LogP contribution >= 0.6 is 11.6 Å². The molecular weight excluding hydrogens is 429 g/mol. The van der Waals surface area contributed by atoms with Crippen molar-refractivity contribution >= 4 is 29.3 Å². The van der Waals surface area contributed by atoms with E-state index < -0.39 is 17.6 Å². The Labute approximate surface area is 181 Å². The fraction of sp³-hybridized carbons (Fsp3) is 0.130.